The highest BCUT2D eigenvalue weighted by Gasteiger charge is 2.49. The Morgan fingerprint density at radius 2 is 1.85 bits per heavy atom. The van der Waals surface area contributed by atoms with Gasteiger partial charge in [0.1, 0.15) is 11.9 Å². The van der Waals surface area contributed by atoms with Crippen LogP contribution in [0.3, 0.4) is 0 Å². The van der Waals surface area contributed by atoms with E-state index in [9.17, 15) is 26.0 Å². The molecule has 1 aromatic carbocycles. The maximum absolute atomic E-state index is 13.8. The topological polar surface area (TPSA) is 67.6 Å². The second-order valence-corrected chi connectivity index (χ2v) is 7.43. The number of halogens is 4. The van der Waals surface area contributed by atoms with Gasteiger partial charge in [0.2, 0.25) is 5.78 Å². The summed E-state index contributed by atoms with van der Waals surface area (Å²) in [5.41, 5.74) is -0.388. The number of hydrogen-bond donors (Lipinski definition) is 0. The monoisotopic (exact) mass is 402 g/mol. The SMILES string of the molecule is CCN(C(c1ccc(F)cc1)C(F)(F)F)S(=O)(=O)c1cnc2ncccn12. The van der Waals surface area contributed by atoms with Crippen molar-refractivity contribution in [1.82, 2.24) is 18.7 Å². The lowest BCUT2D eigenvalue weighted by Gasteiger charge is -2.31. The van der Waals surface area contributed by atoms with Gasteiger partial charge in [-0.1, -0.05) is 19.1 Å². The van der Waals surface area contributed by atoms with Gasteiger partial charge in [-0.05, 0) is 23.8 Å². The fourth-order valence-corrected chi connectivity index (χ4v) is 4.45. The van der Waals surface area contributed by atoms with E-state index < -0.39 is 39.6 Å². The van der Waals surface area contributed by atoms with E-state index in [0.29, 0.717) is 4.31 Å². The van der Waals surface area contributed by atoms with Crippen LogP contribution in [0, 0.1) is 5.82 Å². The molecule has 0 amide bonds. The van der Waals surface area contributed by atoms with Crippen LogP contribution in [0.5, 0.6) is 0 Å². The molecule has 2 heterocycles. The Morgan fingerprint density at radius 3 is 2.44 bits per heavy atom. The molecule has 0 radical (unpaired) electrons. The van der Waals surface area contributed by atoms with Gasteiger partial charge in [-0.2, -0.15) is 17.5 Å². The van der Waals surface area contributed by atoms with Gasteiger partial charge in [0.05, 0.1) is 6.20 Å². The lowest BCUT2D eigenvalue weighted by Crippen LogP contribution is -2.42. The van der Waals surface area contributed by atoms with Crippen molar-refractivity contribution in [3.63, 3.8) is 0 Å². The zero-order valence-electron chi connectivity index (χ0n) is 13.9. The van der Waals surface area contributed by atoms with Gasteiger partial charge in [-0.25, -0.2) is 22.8 Å². The molecule has 3 rings (SSSR count). The first-order valence-electron chi connectivity index (χ1n) is 7.78. The first kappa shape index (κ1) is 19.2. The van der Waals surface area contributed by atoms with E-state index in [0.717, 1.165) is 34.9 Å². The van der Waals surface area contributed by atoms with Gasteiger partial charge in [-0.3, -0.25) is 4.40 Å². The predicted octanol–water partition coefficient (Wildman–Crippen LogP) is 3.18. The van der Waals surface area contributed by atoms with Crippen LogP contribution >= 0.6 is 0 Å². The van der Waals surface area contributed by atoms with Gasteiger partial charge in [0.15, 0.2) is 5.03 Å². The molecule has 0 fully saturated rings. The number of alkyl halides is 3. The Balaban J connectivity index is 2.16. The fraction of sp³-hybridized carbons (Fsp3) is 0.250. The van der Waals surface area contributed by atoms with E-state index in [1.165, 1.54) is 25.4 Å². The molecule has 11 heteroatoms. The van der Waals surface area contributed by atoms with Crippen LogP contribution < -0.4 is 0 Å². The summed E-state index contributed by atoms with van der Waals surface area (Å²) in [6.45, 7) is 0.832. The van der Waals surface area contributed by atoms with E-state index >= 15 is 0 Å². The number of sulfonamides is 1. The number of aromatic nitrogens is 3. The van der Waals surface area contributed by atoms with Crippen LogP contribution in [0.2, 0.25) is 0 Å². The molecule has 0 aliphatic rings. The minimum Gasteiger partial charge on any atom is -0.273 e. The highest BCUT2D eigenvalue weighted by molar-refractivity contribution is 7.89. The zero-order chi connectivity index (χ0) is 19.8. The van der Waals surface area contributed by atoms with Crippen LogP contribution in [0.15, 0.2) is 53.9 Å². The van der Waals surface area contributed by atoms with E-state index in [1.54, 1.807) is 0 Å². The van der Waals surface area contributed by atoms with Crippen molar-refractivity contribution in [2.75, 3.05) is 6.54 Å². The number of nitrogens with zero attached hydrogens (tertiary/aromatic N) is 4. The quantitative estimate of drug-likeness (QED) is 0.615. The average molecular weight is 402 g/mol. The normalized spacial score (nSPS) is 14.0. The zero-order valence-corrected chi connectivity index (χ0v) is 14.7. The number of hydrogen-bond acceptors (Lipinski definition) is 4. The minimum atomic E-state index is -4.92. The van der Waals surface area contributed by atoms with Crippen molar-refractivity contribution >= 4 is 15.8 Å². The Labute approximate surface area is 152 Å². The van der Waals surface area contributed by atoms with Crippen LogP contribution in [0.25, 0.3) is 5.78 Å². The van der Waals surface area contributed by atoms with Crippen LogP contribution in [0.4, 0.5) is 17.6 Å². The van der Waals surface area contributed by atoms with Gasteiger partial charge in [0, 0.05) is 18.9 Å². The summed E-state index contributed by atoms with van der Waals surface area (Å²) in [6.07, 6.45) is -1.23. The molecule has 0 aliphatic heterocycles. The lowest BCUT2D eigenvalue weighted by atomic mass is 10.1. The van der Waals surface area contributed by atoms with Crippen molar-refractivity contribution in [3.05, 3.63) is 60.3 Å². The third-order valence-electron chi connectivity index (χ3n) is 3.92. The van der Waals surface area contributed by atoms with Crippen molar-refractivity contribution in [2.24, 2.45) is 0 Å². The number of rotatable bonds is 5. The van der Waals surface area contributed by atoms with Gasteiger partial charge >= 0.3 is 6.18 Å². The summed E-state index contributed by atoms with van der Waals surface area (Å²) in [6, 6.07) is 2.50. The van der Waals surface area contributed by atoms with E-state index in [4.69, 9.17) is 0 Å². The highest BCUT2D eigenvalue weighted by atomic mass is 32.2. The molecular formula is C16H14F4N4O2S. The average Bonchev–Trinajstić information content (AvgIpc) is 3.04. The Bertz CT molecular complexity index is 1050. The van der Waals surface area contributed by atoms with E-state index in [-0.39, 0.29) is 11.3 Å². The molecule has 144 valence electrons. The van der Waals surface area contributed by atoms with Crippen molar-refractivity contribution in [1.29, 1.82) is 0 Å². The van der Waals surface area contributed by atoms with Gasteiger partial charge in [0.25, 0.3) is 10.0 Å². The molecule has 0 spiro atoms. The lowest BCUT2D eigenvalue weighted by molar-refractivity contribution is -0.173. The molecule has 2 aromatic heterocycles. The first-order chi connectivity index (χ1) is 12.7. The molecule has 0 N–H and O–H groups in total. The highest BCUT2D eigenvalue weighted by Crippen LogP contribution is 2.40. The number of benzene rings is 1. The van der Waals surface area contributed by atoms with Crippen LogP contribution in [-0.2, 0) is 10.0 Å². The van der Waals surface area contributed by atoms with Crippen molar-refractivity contribution < 1.29 is 26.0 Å². The summed E-state index contributed by atoms with van der Waals surface area (Å²) in [5.74, 6) is -0.684. The molecular weight excluding hydrogens is 388 g/mol. The molecule has 1 unspecified atom stereocenters. The Morgan fingerprint density at radius 1 is 1.19 bits per heavy atom. The summed E-state index contributed by atoms with van der Waals surface area (Å²) in [5, 5.41) is -0.441. The van der Waals surface area contributed by atoms with Gasteiger partial charge < -0.3 is 0 Å². The summed E-state index contributed by atoms with van der Waals surface area (Å²) >= 11 is 0. The second kappa shape index (κ2) is 6.89. The van der Waals surface area contributed by atoms with Crippen LogP contribution in [-0.4, -0.2) is 39.8 Å². The van der Waals surface area contributed by atoms with Crippen molar-refractivity contribution in [3.8, 4) is 0 Å². The summed E-state index contributed by atoms with van der Waals surface area (Å²) in [4.78, 5) is 7.69. The van der Waals surface area contributed by atoms with E-state index in [1.807, 2.05) is 0 Å². The molecule has 27 heavy (non-hydrogen) atoms. The largest absolute Gasteiger partial charge is 0.409 e. The van der Waals surface area contributed by atoms with Crippen LogP contribution in [0.1, 0.15) is 18.5 Å². The first-order valence-corrected chi connectivity index (χ1v) is 9.22. The molecule has 0 saturated heterocycles. The predicted molar refractivity (Wildman–Crippen MR) is 87.7 cm³/mol. The minimum absolute atomic E-state index is 0.0393. The Kier molecular flexibility index (Phi) is 4.91. The molecule has 6 nitrogen and oxygen atoms in total. The maximum Gasteiger partial charge on any atom is 0.409 e. The Hall–Kier alpha value is -2.53. The number of imidazole rings is 1. The molecule has 1 atom stereocenters. The van der Waals surface area contributed by atoms with Crippen molar-refractivity contribution in [2.45, 2.75) is 24.2 Å². The third kappa shape index (κ3) is 3.52. The third-order valence-corrected chi connectivity index (χ3v) is 5.84. The molecule has 0 aliphatic carbocycles. The maximum atomic E-state index is 13.8. The second-order valence-electron chi connectivity index (χ2n) is 5.59. The summed E-state index contributed by atoms with van der Waals surface area (Å²) in [7, 11) is -4.59. The molecule has 3 aromatic rings. The summed E-state index contributed by atoms with van der Waals surface area (Å²) < 4.78 is 82.0. The smallest absolute Gasteiger partial charge is 0.273 e. The van der Waals surface area contributed by atoms with E-state index in [2.05, 4.69) is 9.97 Å². The molecule has 0 saturated carbocycles. The standard InChI is InChI=1S/C16H14F4N4O2S/c1-2-24(14(16(18,19)20)11-4-6-12(17)7-5-11)27(25,26)13-10-22-15-21-8-3-9-23(13)15/h3-10,14H,2H2,1H3. The molecule has 0 bridgehead atoms. The fourth-order valence-electron chi connectivity index (χ4n) is 2.77. The number of fused-ring (bicyclic) bond motifs is 1. The van der Waals surface area contributed by atoms with Gasteiger partial charge in [-0.15, -0.1) is 0 Å².